The largest absolute Gasteiger partial charge is 0.468 e. The molecule has 1 rings (SSSR count). The van der Waals surface area contributed by atoms with Crippen LogP contribution in [0.3, 0.4) is 0 Å². The fourth-order valence-electron chi connectivity index (χ4n) is 1.75. The summed E-state index contributed by atoms with van der Waals surface area (Å²) in [7, 11) is -1.80. The van der Waals surface area contributed by atoms with E-state index in [1.165, 1.54) is 7.11 Å². The van der Waals surface area contributed by atoms with Crippen LogP contribution in [-0.2, 0) is 19.4 Å². The molecule has 0 amide bonds. The molecule has 0 saturated carbocycles. The molecule has 0 aromatic carbocycles. The summed E-state index contributed by atoms with van der Waals surface area (Å²) in [6.45, 7) is 3.16. The van der Waals surface area contributed by atoms with Crippen molar-refractivity contribution in [2.45, 2.75) is 19.4 Å². The van der Waals surface area contributed by atoms with E-state index in [4.69, 9.17) is 0 Å². The highest BCUT2D eigenvalue weighted by Gasteiger charge is 2.35. The standard InChI is InChI=1S/C9H17NO4S/c1-3-4-10-5-6-15(12,13)7-8(10)9(11)14-2/h8H,3-7H2,1-2H3. The van der Waals surface area contributed by atoms with Gasteiger partial charge in [-0.25, -0.2) is 8.42 Å². The zero-order chi connectivity index (χ0) is 11.5. The van der Waals surface area contributed by atoms with Crippen molar-refractivity contribution < 1.29 is 17.9 Å². The first-order valence-electron chi connectivity index (χ1n) is 5.02. The summed E-state index contributed by atoms with van der Waals surface area (Å²) in [4.78, 5) is 13.3. The summed E-state index contributed by atoms with van der Waals surface area (Å²) in [5, 5.41) is 0. The molecule has 5 nitrogen and oxygen atoms in total. The fourth-order valence-corrected chi connectivity index (χ4v) is 3.26. The minimum Gasteiger partial charge on any atom is -0.468 e. The van der Waals surface area contributed by atoms with Crippen LogP contribution in [0, 0.1) is 0 Å². The maximum Gasteiger partial charge on any atom is 0.324 e. The fraction of sp³-hybridized carbons (Fsp3) is 0.889. The number of esters is 1. The minimum atomic E-state index is -3.08. The van der Waals surface area contributed by atoms with Gasteiger partial charge in [-0.1, -0.05) is 6.92 Å². The highest BCUT2D eigenvalue weighted by molar-refractivity contribution is 7.91. The summed E-state index contributed by atoms with van der Waals surface area (Å²) >= 11 is 0. The second-order valence-electron chi connectivity index (χ2n) is 3.69. The van der Waals surface area contributed by atoms with Crippen molar-refractivity contribution in [2.24, 2.45) is 0 Å². The van der Waals surface area contributed by atoms with E-state index in [0.29, 0.717) is 6.54 Å². The van der Waals surface area contributed by atoms with E-state index in [-0.39, 0.29) is 11.5 Å². The Hall–Kier alpha value is -0.620. The van der Waals surface area contributed by atoms with Crippen LogP contribution in [0.15, 0.2) is 0 Å². The number of sulfone groups is 1. The lowest BCUT2D eigenvalue weighted by molar-refractivity contribution is -0.146. The van der Waals surface area contributed by atoms with Crippen molar-refractivity contribution in [3.8, 4) is 0 Å². The molecule has 88 valence electrons. The molecule has 0 N–H and O–H groups in total. The Morgan fingerprint density at radius 2 is 2.20 bits per heavy atom. The molecule has 15 heavy (non-hydrogen) atoms. The number of rotatable bonds is 3. The Morgan fingerprint density at radius 1 is 1.53 bits per heavy atom. The highest BCUT2D eigenvalue weighted by Crippen LogP contribution is 2.13. The van der Waals surface area contributed by atoms with Gasteiger partial charge in [-0.2, -0.15) is 0 Å². The Morgan fingerprint density at radius 3 is 2.73 bits per heavy atom. The maximum absolute atomic E-state index is 11.4. The average Bonchev–Trinajstić information content (AvgIpc) is 2.19. The van der Waals surface area contributed by atoms with E-state index in [1.54, 1.807) is 0 Å². The van der Waals surface area contributed by atoms with Crippen LogP contribution in [0.5, 0.6) is 0 Å². The number of ether oxygens (including phenoxy) is 1. The van der Waals surface area contributed by atoms with Crippen molar-refractivity contribution in [1.82, 2.24) is 4.90 Å². The molecule has 6 heteroatoms. The summed E-state index contributed by atoms with van der Waals surface area (Å²) in [6.07, 6.45) is 0.896. The third-order valence-electron chi connectivity index (χ3n) is 2.53. The number of carbonyl (C=O) groups excluding carboxylic acids is 1. The SMILES string of the molecule is CCCN1CCS(=O)(=O)CC1C(=O)OC. The van der Waals surface area contributed by atoms with E-state index in [2.05, 4.69) is 4.74 Å². The lowest BCUT2D eigenvalue weighted by Crippen LogP contribution is -2.52. The molecule has 1 heterocycles. The first-order valence-corrected chi connectivity index (χ1v) is 6.84. The quantitative estimate of drug-likeness (QED) is 0.627. The molecule has 1 atom stereocenters. The molecule has 0 radical (unpaired) electrons. The molecule has 1 saturated heterocycles. The average molecular weight is 235 g/mol. The summed E-state index contributed by atoms with van der Waals surface area (Å²) in [6, 6.07) is -0.617. The van der Waals surface area contributed by atoms with Crippen LogP contribution < -0.4 is 0 Å². The highest BCUT2D eigenvalue weighted by atomic mass is 32.2. The predicted octanol–water partition coefficient (Wildman–Crippen LogP) is -0.332. The summed E-state index contributed by atoms with van der Waals surface area (Å²) in [5.41, 5.74) is 0. The smallest absolute Gasteiger partial charge is 0.324 e. The summed E-state index contributed by atoms with van der Waals surface area (Å²) in [5.74, 6) is -0.424. The molecule has 1 fully saturated rings. The molecular weight excluding hydrogens is 218 g/mol. The maximum atomic E-state index is 11.4. The molecule has 1 aliphatic heterocycles. The van der Waals surface area contributed by atoms with Gasteiger partial charge in [0, 0.05) is 6.54 Å². The van der Waals surface area contributed by atoms with Crippen LogP contribution >= 0.6 is 0 Å². The third-order valence-corrected chi connectivity index (χ3v) is 4.15. The van der Waals surface area contributed by atoms with Crippen molar-refractivity contribution in [2.75, 3.05) is 31.7 Å². The molecule has 0 aliphatic carbocycles. The lowest BCUT2D eigenvalue weighted by atomic mass is 10.2. The van der Waals surface area contributed by atoms with Gasteiger partial charge in [0.1, 0.15) is 6.04 Å². The molecule has 1 unspecified atom stereocenters. The topological polar surface area (TPSA) is 63.7 Å². The van der Waals surface area contributed by atoms with Crippen LogP contribution in [0.2, 0.25) is 0 Å². The Balaban J connectivity index is 2.78. The predicted molar refractivity (Wildman–Crippen MR) is 56.3 cm³/mol. The van der Waals surface area contributed by atoms with Gasteiger partial charge in [0.2, 0.25) is 0 Å². The van der Waals surface area contributed by atoms with Gasteiger partial charge in [-0.05, 0) is 13.0 Å². The second kappa shape index (κ2) is 4.94. The van der Waals surface area contributed by atoms with Gasteiger partial charge in [0.05, 0.1) is 18.6 Å². The van der Waals surface area contributed by atoms with Gasteiger partial charge in [0.15, 0.2) is 9.84 Å². The molecule has 0 bridgehead atoms. The van der Waals surface area contributed by atoms with Crippen molar-refractivity contribution in [3.05, 3.63) is 0 Å². The zero-order valence-corrected chi connectivity index (χ0v) is 9.92. The zero-order valence-electron chi connectivity index (χ0n) is 9.10. The number of methoxy groups -OCH3 is 1. The minimum absolute atomic E-state index is 0.111. The number of hydrogen-bond donors (Lipinski definition) is 0. The molecule has 0 aromatic rings. The molecule has 1 aliphatic rings. The van der Waals surface area contributed by atoms with Crippen molar-refractivity contribution in [1.29, 1.82) is 0 Å². The van der Waals surface area contributed by atoms with E-state index in [1.807, 2.05) is 11.8 Å². The van der Waals surface area contributed by atoms with E-state index >= 15 is 0 Å². The summed E-state index contributed by atoms with van der Waals surface area (Å²) < 4.78 is 27.4. The van der Waals surface area contributed by atoms with Gasteiger partial charge in [0.25, 0.3) is 0 Å². The lowest BCUT2D eigenvalue weighted by Gasteiger charge is -2.33. The first kappa shape index (κ1) is 12.4. The first-order chi connectivity index (χ1) is 7.00. The van der Waals surface area contributed by atoms with Crippen LogP contribution in [0.25, 0.3) is 0 Å². The van der Waals surface area contributed by atoms with Gasteiger partial charge in [-0.15, -0.1) is 0 Å². The second-order valence-corrected chi connectivity index (χ2v) is 5.92. The van der Waals surface area contributed by atoms with Gasteiger partial charge in [-0.3, -0.25) is 9.69 Å². The Labute approximate surface area is 90.3 Å². The number of hydrogen-bond acceptors (Lipinski definition) is 5. The van der Waals surface area contributed by atoms with E-state index in [9.17, 15) is 13.2 Å². The third kappa shape index (κ3) is 3.17. The van der Waals surface area contributed by atoms with Crippen molar-refractivity contribution in [3.63, 3.8) is 0 Å². The number of carbonyl (C=O) groups is 1. The molecule has 0 aromatic heterocycles. The number of nitrogens with zero attached hydrogens (tertiary/aromatic N) is 1. The van der Waals surface area contributed by atoms with Gasteiger partial charge >= 0.3 is 5.97 Å². The molecular formula is C9H17NO4S. The van der Waals surface area contributed by atoms with Gasteiger partial charge < -0.3 is 4.74 Å². The van der Waals surface area contributed by atoms with E-state index < -0.39 is 21.8 Å². The van der Waals surface area contributed by atoms with Crippen LogP contribution in [0.4, 0.5) is 0 Å². The Kier molecular flexibility index (Phi) is 4.10. The van der Waals surface area contributed by atoms with Crippen LogP contribution in [-0.4, -0.2) is 57.0 Å². The molecule has 0 spiro atoms. The van der Waals surface area contributed by atoms with E-state index in [0.717, 1.165) is 13.0 Å². The Bertz CT molecular complexity index is 325. The normalized spacial score (nSPS) is 26.1. The van der Waals surface area contributed by atoms with Crippen LogP contribution in [0.1, 0.15) is 13.3 Å². The van der Waals surface area contributed by atoms with Crippen molar-refractivity contribution >= 4 is 15.8 Å². The monoisotopic (exact) mass is 235 g/mol.